The molecule has 1 aromatic carbocycles. The van der Waals surface area contributed by atoms with Crippen LogP contribution in [0, 0.1) is 0 Å². The van der Waals surface area contributed by atoms with Gasteiger partial charge in [-0.3, -0.25) is 9.97 Å². The lowest BCUT2D eigenvalue weighted by atomic mass is 10.0. The van der Waals surface area contributed by atoms with Crippen molar-refractivity contribution in [2.75, 3.05) is 5.75 Å². The van der Waals surface area contributed by atoms with E-state index in [0.29, 0.717) is 22.7 Å². The quantitative estimate of drug-likeness (QED) is 0.388. The Morgan fingerprint density at radius 2 is 1.73 bits per heavy atom. The summed E-state index contributed by atoms with van der Waals surface area (Å²) in [6.45, 7) is 1.54. The summed E-state index contributed by atoms with van der Waals surface area (Å²) in [6.07, 6.45) is 0.191. The van der Waals surface area contributed by atoms with Gasteiger partial charge in [-0.2, -0.15) is 13.2 Å². The van der Waals surface area contributed by atoms with Gasteiger partial charge in [-0.25, -0.2) is 8.42 Å². The van der Waals surface area contributed by atoms with Gasteiger partial charge in [0.25, 0.3) is 0 Å². The largest absolute Gasteiger partial charge is 0.417 e. The summed E-state index contributed by atoms with van der Waals surface area (Å²) in [7, 11) is -3.67. The van der Waals surface area contributed by atoms with E-state index in [1.165, 1.54) is 24.5 Å². The number of nitrogens with one attached hydrogen (secondary N) is 1. The first-order chi connectivity index (χ1) is 15.7. The van der Waals surface area contributed by atoms with Crippen molar-refractivity contribution in [2.24, 2.45) is 0 Å². The van der Waals surface area contributed by atoms with Crippen molar-refractivity contribution in [3.63, 3.8) is 0 Å². The first-order valence-electron chi connectivity index (χ1n) is 10.5. The molecule has 9 heteroatoms. The molecular weight excluding hydrogens is 451 g/mol. The van der Waals surface area contributed by atoms with Gasteiger partial charge in [-0.1, -0.05) is 31.2 Å². The molecule has 1 N–H and O–H groups in total. The third-order valence-corrected chi connectivity index (χ3v) is 7.65. The number of H-pyrrole nitrogens is 1. The maximum Gasteiger partial charge on any atom is 0.417 e. The summed E-state index contributed by atoms with van der Waals surface area (Å²) in [6, 6.07) is 12.1. The molecule has 0 radical (unpaired) electrons. The first-order valence-corrected chi connectivity index (χ1v) is 12.2. The number of benzene rings is 1. The van der Waals surface area contributed by atoms with E-state index < -0.39 is 21.6 Å². The Kier molecular flexibility index (Phi) is 5.04. The van der Waals surface area contributed by atoms with E-state index in [0.717, 1.165) is 17.8 Å². The SMILES string of the molecule is CCS(=O)(=O)c1cc(-c2ccc(C3CC3)cc2)cnc1-c1cc2ncc(C(F)(F)F)cc2[nH]1. The Hall–Kier alpha value is -3.20. The fraction of sp³-hybridized carbons (Fsp3) is 0.250. The molecule has 1 saturated carbocycles. The molecule has 4 aromatic rings. The fourth-order valence-electron chi connectivity index (χ4n) is 3.85. The van der Waals surface area contributed by atoms with Crippen LogP contribution >= 0.6 is 0 Å². The van der Waals surface area contributed by atoms with Crippen LogP contribution in [0.15, 0.2) is 59.8 Å². The molecule has 0 unspecified atom stereocenters. The number of hydrogen-bond acceptors (Lipinski definition) is 4. The van der Waals surface area contributed by atoms with E-state index in [2.05, 4.69) is 27.1 Å². The lowest BCUT2D eigenvalue weighted by molar-refractivity contribution is -0.137. The number of fused-ring (bicyclic) bond motifs is 1. The van der Waals surface area contributed by atoms with E-state index in [9.17, 15) is 21.6 Å². The Morgan fingerprint density at radius 3 is 2.36 bits per heavy atom. The van der Waals surface area contributed by atoms with Gasteiger partial charge in [0.05, 0.1) is 32.9 Å². The molecule has 1 fully saturated rings. The topological polar surface area (TPSA) is 75.7 Å². The summed E-state index contributed by atoms with van der Waals surface area (Å²) >= 11 is 0. The molecule has 170 valence electrons. The minimum Gasteiger partial charge on any atom is -0.352 e. The monoisotopic (exact) mass is 471 g/mol. The molecule has 3 heterocycles. The van der Waals surface area contributed by atoms with E-state index in [-0.39, 0.29) is 21.9 Å². The van der Waals surface area contributed by atoms with Gasteiger partial charge in [0.1, 0.15) is 5.69 Å². The number of hydrogen-bond donors (Lipinski definition) is 1. The van der Waals surface area contributed by atoms with Gasteiger partial charge in [0.15, 0.2) is 9.84 Å². The van der Waals surface area contributed by atoms with Crippen LogP contribution in [0.3, 0.4) is 0 Å². The molecule has 0 atom stereocenters. The second-order valence-corrected chi connectivity index (χ2v) is 10.5. The van der Waals surface area contributed by atoms with E-state index in [4.69, 9.17) is 0 Å². The van der Waals surface area contributed by atoms with Crippen molar-refractivity contribution in [2.45, 2.75) is 36.8 Å². The Labute approximate surface area is 188 Å². The zero-order chi connectivity index (χ0) is 23.4. The molecule has 0 aliphatic heterocycles. The first kappa shape index (κ1) is 21.6. The maximum atomic E-state index is 13.0. The third-order valence-electron chi connectivity index (χ3n) is 5.91. The Bertz CT molecular complexity index is 1450. The van der Waals surface area contributed by atoms with Crippen molar-refractivity contribution >= 4 is 20.9 Å². The minimum atomic E-state index is -4.53. The van der Waals surface area contributed by atoms with Crippen LogP contribution in [-0.2, 0) is 16.0 Å². The van der Waals surface area contributed by atoms with Crippen LogP contribution in [0.25, 0.3) is 33.5 Å². The van der Waals surface area contributed by atoms with Crippen LogP contribution in [0.1, 0.15) is 36.8 Å². The molecule has 1 aliphatic carbocycles. The zero-order valence-electron chi connectivity index (χ0n) is 17.6. The molecule has 1 aliphatic rings. The predicted molar refractivity (Wildman–Crippen MR) is 119 cm³/mol. The molecule has 0 bridgehead atoms. The summed E-state index contributed by atoms with van der Waals surface area (Å²) < 4.78 is 65.0. The minimum absolute atomic E-state index is 0.0244. The van der Waals surface area contributed by atoms with Crippen molar-refractivity contribution in [1.29, 1.82) is 0 Å². The average Bonchev–Trinajstić information content (AvgIpc) is 3.56. The zero-order valence-corrected chi connectivity index (χ0v) is 18.5. The summed E-state index contributed by atoms with van der Waals surface area (Å²) in [5.41, 5.74) is 2.78. The molecule has 0 amide bonds. The van der Waals surface area contributed by atoms with E-state index >= 15 is 0 Å². The number of aromatic nitrogens is 3. The van der Waals surface area contributed by atoms with Crippen LogP contribution < -0.4 is 0 Å². The Morgan fingerprint density at radius 1 is 1.00 bits per heavy atom. The molecule has 5 nitrogen and oxygen atoms in total. The van der Waals surface area contributed by atoms with Gasteiger partial charge in [-0.05, 0) is 48.1 Å². The third kappa shape index (κ3) is 4.13. The van der Waals surface area contributed by atoms with Crippen LogP contribution in [0.5, 0.6) is 0 Å². The van der Waals surface area contributed by atoms with Gasteiger partial charge in [0, 0.05) is 18.0 Å². The molecule has 5 rings (SSSR count). The smallest absolute Gasteiger partial charge is 0.352 e. The predicted octanol–water partition coefficient (Wildman–Crippen LogP) is 5.98. The highest BCUT2D eigenvalue weighted by Crippen LogP contribution is 2.41. The maximum absolute atomic E-state index is 13.0. The van der Waals surface area contributed by atoms with E-state index in [1.807, 2.05) is 12.1 Å². The van der Waals surface area contributed by atoms with Crippen LogP contribution in [0.4, 0.5) is 13.2 Å². The second kappa shape index (κ2) is 7.69. The number of halogens is 3. The molecule has 0 spiro atoms. The number of pyridine rings is 2. The number of rotatable bonds is 5. The Balaban J connectivity index is 1.61. The van der Waals surface area contributed by atoms with Crippen molar-refractivity contribution < 1.29 is 21.6 Å². The molecular formula is C24H20F3N3O2S. The molecule has 33 heavy (non-hydrogen) atoms. The van der Waals surface area contributed by atoms with Gasteiger partial charge < -0.3 is 4.98 Å². The summed E-state index contributed by atoms with van der Waals surface area (Å²) in [5, 5.41) is 0. The van der Waals surface area contributed by atoms with Crippen molar-refractivity contribution in [3.05, 3.63) is 66.0 Å². The van der Waals surface area contributed by atoms with Crippen LogP contribution in [0.2, 0.25) is 0 Å². The second-order valence-electron chi connectivity index (χ2n) is 8.21. The van der Waals surface area contributed by atoms with E-state index in [1.54, 1.807) is 19.2 Å². The highest BCUT2D eigenvalue weighted by molar-refractivity contribution is 7.91. The molecule has 0 saturated heterocycles. The number of aromatic amines is 1. The highest BCUT2D eigenvalue weighted by atomic mass is 32.2. The molecule has 3 aromatic heterocycles. The highest BCUT2D eigenvalue weighted by Gasteiger charge is 2.31. The fourth-order valence-corrected chi connectivity index (χ4v) is 4.93. The van der Waals surface area contributed by atoms with Gasteiger partial charge in [-0.15, -0.1) is 0 Å². The van der Waals surface area contributed by atoms with Gasteiger partial charge in [0.2, 0.25) is 0 Å². The van der Waals surface area contributed by atoms with Crippen molar-refractivity contribution in [3.8, 4) is 22.5 Å². The number of nitrogens with zero attached hydrogens (tertiary/aromatic N) is 2. The number of alkyl halides is 3. The lowest BCUT2D eigenvalue weighted by Crippen LogP contribution is -2.07. The summed E-state index contributed by atoms with van der Waals surface area (Å²) in [5.74, 6) is 0.478. The average molecular weight is 472 g/mol. The normalized spacial score (nSPS) is 14.7. The lowest BCUT2D eigenvalue weighted by Gasteiger charge is -2.11. The van der Waals surface area contributed by atoms with Crippen LogP contribution in [-0.4, -0.2) is 29.1 Å². The van der Waals surface area contributed by atoms with Crippen molar-refractivity contribution in [1.82, 2.24) is 15.0 Å². The standard InChI is InChI=1S/C24H20F3N3O2S/c1-2-33(31,32)22-9-17(16-7-5-15(6-8-16)14-3-4-14)12-29-23(22)21-11-19-20(30-21)10-18(13-28-19)24(25,26)27/h5-14,30H,2-4H2,1H3. The number of sulfone groups is 1. The van der Waals surface area contributed by atoms with Gasteiger partial charge >= 0.3 is 6.18 Å². The summed E-state index contributed by atoms with van der Waals surface area (Å²) in [4.78, 5) is 11.2.